The maximum atomic E-state index is 3.68. The molecule has 18 heavy (non-hydrogen) atoms. The highest BCUT2D eigenvalue weighted by atomic mass is 15.2. The molecule has 1 aliphatic carbocycles. The Hall–Kier alpha value is -0.0800. The molecule has 0 bridgehead atoms. The summed E-state index contributed by atoms with van der Waals surface area (Å²) < 4.78 is 0. The molecule has 2 unspecified atom stereocenters. The van der Waals surface area contributed by atoms with Crippen molar-refractivity contribution in [3.8, 4) is 0 Å². The van der Waals surface area contributed by atoms with Gasteiger partial charge in [0.2, 0.25) is 0 Å². The van der Waals surface area contributed by atoms with Gasteiger partial charge in [0.25, 0.3) is 0 Å². The molecule has 0 aromatic rings. The van der Waals surface area contributed by atoms with Crippen LogP contribution >= 0.6 is 0 Å². The first kappa shape index (κ1) is 14.3. The minimum absolute atomic E-state index is 0.733. The third-order valence-electron chi connectivity index (χ3n) is 4.86. The van der Waals surface area contributed by atoms with Crippen LogP contribution in [0.4, 0.5) is 0 Å². The second-order valence-corrected chi connectivity index (χ2v) is 6.90. The van der Waals surface area contributed by atoms with E-state index in [0.29, 0.717) is 0 Å². The van der Waals surface area contributed by atoms with Gasteiger partial charge in [0.15, 0.2) is 0 Å². The molecule has 0 radical (unpaired) electrons. The Kier molecular flexibility index (Phi) is 5.50. The monoisotopic (exact) mass is 252 g/mol. The van der Waals surface area contributed by atoms with E-state index in [1.807, 2.05) is 0 Å². The maximum Gasteiger partial charge on any atom is 0.0224 e. The summed E-state index contributed by atoms with van der Waals surface area (Å²) in [5.74, 6) is 0.837. The van der Waals surface area contributed by atoms with Crippen LogP contribution in [0.15, 0.2) is 0 Å². The van der Waals surface area contributed by atoms with Crippen LogP contribution in [0.3, 0.4) is 0 Å². The predicted molar refractivity (Wildman–Crippen MR) is 78.9 cm³/mol. The quantitative estimate of drug-likeness (QED) is 0.806. The van der Waals surface area contributed by atoms with Crippen LogP contribution in [0.2, 0.25) is 0 Å². The minimum atomic E-state index is 0.733. The van der Waals surface area contributed by atoms with E-state index in [1.165, 1.54) is 58.0 Å². The molecule has 0 spiro atoms. The topological polar surface area (TPSA) is 15.3 Å². The van der Waals surface area contributed by atoms with Crippen LogP contribution in [-0.4, -0.2) is 36.1 Å². The van der Waals surface area contributed by atoms with Gasteiger partial charge in [-0.3, -0.25) is 4.90 Å². The van der Waals surface area contributed by atoms with Crippen LogP contribution in [-0.2, 0) is 0 Å². The van der Waals surface area contributed by atoms with Crippen molar-refractivity contribution in [2.45, 2.75) is 83.8 Å². The largest absolute Gasteiger partial charge is 0.313 e. The number of piperidine rings is 1. The van der Waals surface area contributed by atoms with Crippen LogP contribution in [0.25, 0.3) is 0 Å². The van der Waals surface area contributed by atoms with Crippen molar-refractivity contribution in [3.05, 3.63) is 0 Å². The zero-order valence-electron chi connectivity index (χ0n) is 12.6. The van der Waals surface area contributed by atoms with E-state index in [-0.39, 0.29) is 0 Å². The summed E-state index contributed by atoms with van der Waals surface area (Å²) in [7, 11) is 0. The first-order chi connectivity index (χ1) is 8.66. The molecular formula is C16H32N2. The molecule has 1 heterocycles. The average molecular weight is 252 g/mol. The molecule has 2 rings (SSSR count). The summed E-state index contributed by atoms with van der Waals surface area (Å²) >= 11 is 0. The third-order valence-corrected chi connectivity index (χ3v) is 4.86. The second-order valence-electron chi connectivity index (χ2n) is 6.90. The molecule has 2 atom stereocenters. The molecule has 106 valence electrons. The Bertz CT molecular complexity index is 225. The standard InChI is InChI=1S/C16H32N2/c1-13(2)10-11-18(15-6-4-5-7-15)16-9-8-14(3)17-12-16/h13-17H,4-12H2,1-3H3. The van der Waals surface area contributed by atoms with Gasteiger partial charge in [0, 0.05) is 24.7 Å². The molecule has 0 aromatic carbocycles. The van der Waals surface area contributed by atoms with Crippen molar-refractivity contribution >= 4 is 0 Å². The molecule has 1 saturated heterocycles. The van der Waals surface area contributed by atoms with Crippen molar-refractivity contribution in [1.82, 2.24) is 10.2 Å². The van der Waals surface area contributed by atoms with Crippen molar-refractivity contribution in [3.63, 3.8) is 0 Å². The summed E-state index contributed by atoms with van der Waals surface area (Å²) in [4.78, 5) is 2.87. The van der Waals surface area contributed by atoms with Gasteiger partial charge in [-0.05, 0) is 51.5 Å². The SMILES string of the molecule is CC(C)CCN(C1CCCC1)C1CCC(C)NC1. The molecule has 1 saturated carbocycles. The van der Waals surface area contributed by atoms with Gasteiger partial charge in [-0.15, -0.1) is 0 Å². The predicted octanol–water partition coefficient (Wildman–Crippen LogP) is 3.42. The van der Waals surface area contributed by atoms with Crippen molar-refractivity contribution < 1.29 is 0 Å². The van der Waals surface area contributed by atoms with E-state index in [2.05, 4.69) is 31.0 Å². The first-order valence-electron chi connectivity index (χ1n) is 8.16. The van der Waals surface area contributed by atoms with Gasteiger partial charge in [0.05, 0.1) is 0 Å². The molecule has 1 aliphatic heterocycles. The Labute approximate surface area is 114 Å². The third kappa shape index (κ3) is 3.96. The highest BCUT2D eigenvalue weighted by Gasteiger charge is 2.30. The van der Waals surface area contributed by atoms with Crippen molar-refractivity contribution in [1.29, 1.82) is 0 Å². The number of hydrogen-bond donors (Lipinski definition) is 1. The van der Waals surface area contributed by atoms with Gasteiger partial charge in [-0.1, -0.05) is 26.7 Å². The molecular weight excluding hydrogens is 220 g/mol. The fourth-order valence-electron chi connectivity index (χ4n) is 3.57. The number of hydrogen-bond acceptors (Lipinski definition) is 2. The second kappa shape index (κ2) is 6.91. The van der Waals surface area contributed by atoms with Gasteiger partial charge in [-0.2, -0.15) is 0 Å². The summed E-state index contributed by atoms with van der Waals surface area (Å²) in [6.45, 7) is 9.57. The van der Waals surface area contributed by atoms with E-state index in [4.69, 9.17) is 0 Å². The molecule has 2 nitrogen and oxygen atoms in total. The molecule has 1 N–H and O–H groups in total. The normalized spacial score (nSPS) is 30.5. The Morgan fingerprint density at radius 1 is 1.06 bits per heavy atom. The Morgan fingerprint density at radius 3 is 2.33 bits per heavy atom. The Morgan fingerprint density at radius 2 is 1.78 bits per heavy atom. The highest BCUT2D eigenvalue weighted by Crippen LogP contribution is 2.28. The van der Waals surface area contributed by atoms with E-state index in [1.54, 1.807) is 0 Å². The van der Waals surface area contributed by atoms with Crippen LogP contribution < -0.4 is 5.32 Å². The minimum Gasteiger partial charge on any atom is -0.313 e. The maximum absolute atomic E-state index is 3.68. The number of rotatable bonds is 5. The molecule has 0 aromatic heterocycles. The van der Waals surface area contributed by atoms with Crippen molar-refractivity contribution in [2.24, 2.45) is 5.92 Å². The van der Waals surface area contributed by atoms with E-state index < -0.39 is 0 Å². The average Bonchev–Trinajstić information content (AvgIpc) is 2.85. The molecule has 2 heteroatoms. The molecule has 0 amide bonds. The smallest absolute Gasteiger partial charge is 0.0224 e. The summed E-state index contributed by atoms with van der Waals surface area (Å²) in [5, 5.41) is 3.68. The van der Waals surface area contributed by atoms with E-state index >= 15 is 0 Å². The lowest BCUT2D eigenvalue weighted by Crippen LogP contribution is -2.52. The number of nitrogens with one attached hydrogen (secondary N) is 1. The lowest BCUT2D eigenvalue weighted by Gasteiger charge is -2.40. The highest BCUT2D eigenvalue weighted by molar-refractivity contribution is 4.88. The summed E-state index contributed by atoms with van der Waals surface area (Å²) in [6.07, 6.45) is 9.94. The van der Waals surface area contributed by atoms with Crippen molar-refractivity contribution in [2.75, 3.05) is 13.1 Å². The van der Waals surface area contributed by atoms with Crippen LogP contribution in [0, 0.1) is 5.92 Å². The van der Waals surface area contributed by atoms with Gasteiger partial charge in [-0.25, -0.2) is 0 Å². The summed E-state index contributed by atoms with van der Waals surface area (Å²) in [6, 6.07) is 2.43. The van der Waals surface area contributed by atoms with Crippen LogP contribution in [0.5, 0.6) is 0 Å². The summed E-state index contributed by atoms with van der Waals surface area (Å²) in [5.41, 5.74) is 0. The first-order valence-corrected chi connectivity index (χ1v) is 8.16. The van der Waals surface area contributed by atoms with E-state index in [9.17, 15) is 0 Å². The van der Waals surface area contributed by atoms with Crippen LogP contribution in [0.1, 0.15) is 65.7 Å². The molecule has 2 aliphatic rings. The van der Waals surface area contributed by atoms with Gasteiger partial charge < -0.3 is 5.32 Å². The number of nitrogens with zero attached hydrogens (tertiary/aromatic N) is 1. The zero-order valence-corrected chi connectivity index (χ0v) is 12.6. The lowest BCUT2D eigenvalue weighted by molar-refractivity contribution is 0.100. The fraction of sp³-hybridized carbons (Fsp3) is 1.00. The zero-order chi connectivity index (χ0) is 13.0. The van der Waals surface area contributed by atoms with Gasteiger partial charge in [0.1, 0.15) is 0 Å². The Balaban J connectivity index is 1.90. The van der Waals surface area contributed by atoms with Gasteiger partial charge >= 0.3 is 0 Å². The molecule has 2 fully saturated rings. The fourth-order valence-corrected chi connectivity index (χ4v) is 3.57. The lowest BCUT2D eigenvalue weighted by atomic mass is 9.97. The van der Waals surface area contributed by atoms with E-state index in [0.717, 1.165) is 24.0 Å².